The van der Waals surface area contributed by atoms with Crippen molar-refractivity contribution in [3.63, 3.8) is 0 Å². The molecule has 0 unspecified atom stereocenters. The molecular formula is C46H18F14N2. The van der Waals surface area contributed by atoms with Gasteiger partial charge in [0.1, 0.15) is 11.4 Å². The molecule has 9 rings (SSSR count). The van der Waals surface area contributed by atoms with E-state index in [1.54, 1.807) is 18.2 Å². The first-order chi connectivity index (χ1) is 29.6. The minimum Gasteiger partial charge on any atom is -0.309 e. The zero-order valence-electron chi connectivity index (χ0n) is 30.6. The Kier molecular flexibility index (Phi) is 9.48. The number of rotatable bonds is 6. The second-order valence-corrected chi connectivity index (χ2v) is 13.8. The second-order valence-electron chi connectivity index (χ2n) is 13.8. The average molecular weight is 865 g/mol. The summed E-state index contributed by atoms with van der Waals surface area (Å²) in [6, 6.07) is 30.4. The van der Waals surface area contributed by atoms with E-state index < -0.39 is 115 Å². The van der Waals surface area contributed by atoms with Gasteiger partial charge in [0.2, 0.25) is 11.6 Å². The van der Waals surface area contributed by atoms with Gasteiger partial charge in [-0.3, -0.25) is 4.90 Å². The SMILES string of the molecule is Fc1c(F)c(F)c(-c2c(F)c(F)c(N(c3ccc(-c4ccc5c(c4)c4ccccc4n5-c4ccc5ccccc5c4)cc3)c3c(F)c(F)c(F)c(F)c3F)c(F)c2F)c(F)c1F. The summed E-state index contributed by atoms with van der Waals surface area (Å²) in [4.78, 5) is -0.431. The standard InChI is InChI=1S/C46H18F14N2/c47-31-29(32(48)36(52)37(53)35(31)51)30-33(49)41(57)45(42(58)34(30)50)62(46-43(59)39(55)38(54)40(56)44(46)60)23-13-9-20(10-14-23)22-12-16-28-26(18-22)25-7-3-4-8-27(25)61(28)24-15-11-19-5-1-2-6-21(19)17-24/h1-18H. The molecule has 0 bridgehead atoms. The van der Waals surface area contributed by atoms with Gasteiger partial charge in [-0.25, -0.2) is 61.5 Å². The second kappa shape index (κ2) is 14.7. The van der Waals surface area contributed by atoms with Gasteiger partial charge in [0.15, 0.2) is 69.8 Å². The van der Waals surface area contributed by atoms with Gasteiger partial charge < -0.3 is 4.57 Å². The monoisotopic (exact) mass is 864 g/mol. The van der Waals surface area contributed by atoms with E-state index in [1.165, 1.54) is 12.1 Å². The first-order valence-electron chi connectivity index (χ1n) is 17.9. The summed E-state index contributed by atoms with van der Waals surface area (Å²) >= 11 is 0. The normalized spacial score (nSPS) is 11.7. The van der Waals surface area contributed by atoms with Crippen LogP contribution in [0.5, 0.6) is 0 Å². The van der Waals surface area contributed by atoms with E-state index in [9.17, 15) is 35.1 Å². The van der Waals surface area contributed by atoms with Crippen LogP contribution in [0.1, 0.15) is 0 Å². The molecular weight excluding hydrogens is 846 g/mol. The van der Waals surface area contributed by atoms with Gasteiger partial charge in [0.05, 0.1) is 22.2 Å². The highest BCUT2D eigenvalue weighted by Gasteiger charge is 2.39. The van der Waals surface area contributed by atoms with Crippen LogP contribution in [0.4, 0.5) is 78.5 Å². The van der Waals surface area contributed by atoms with Gasteiger partial charge in [-0.15, -0.1) is 0 Å². The molecule has 0 aliphatic heterocycles. The molecule has 0 aliphatic carbocycles. The molecule has 0 amide bonds. The van der Waals surface area contributed by atoms with Gasteiger partial charge in [-0.1, -0.05) is 66.7 Å². The van der Waals surface area contributed by atoms with Crippen molar-refractivity contribution < 1.29 is 61.5 Å². The van der Waals surface area contributed by atoms with Crippen molar-refractivity contribution in [2.24, 2.45) is 0 Å². The first-order valence-corrected chi connectivity index (χ1v) is 17.9. The molecule has 16 heteroatoms. The summed E-state index contributed by atoms with van der Waals surface area (Å²) in [5.41, 5.74) is -7.07. The average Bonchev–Trinajstić information content (AvgIpc) is 3.62. The van der Waals surface area contributed by atoms with Crippen LogP contribution in [0.25, 0.3) is 60.5 Å². The predicted molar refractivity (Wildman–Crippen MR) is 203 cm³/mol. The quantitative estimate of drug-likeness (QED) is 0.0918. The highest BCUT2D eigenvalue weighted by Crippen LogP contribution is 2.47. The molecule has 0 atom stereocenters. The van der Waals surface area contributed by atoms with Crippen LogP contribution in [0.3, 0.4) is 0 Å². The summed E-state index contributed by atoms with van der Waals surface area (Å²) in [6.45, 7) is 0. The van der Waals surface area contributed by atoms with Crippen molar-refractivity contribution in [3.05, 3.63) is 191 Å². The molecule has 2 nitrogen and oxygen atoms in total. The Morgan fingerprint density at radius 3 is 1.34 bits per heavy atom. The molecule has 0 radical (unpaired) electrons. The number of hydrogen-bond donors (Lipinski definition) is 0. The fourth-order valence-corrected chi connectivity index (χ4v) is 7.57. The maximum absolute atomic E-state index is 16.1. The number of benzene rings is 8. The number of para-hydroxylation sites is 1. The Balaban J connectivity index is 1.22. The van der Waals surface area contributed by atoms with Gasteiger partial charge in [0, 0.05) is 22.1 Å². The van der Waals surface area contributed by atoms with Crippen molar-refractivity contribution in [2.75, 3.05) is 4.90 Å². The van der Waals surface area contributed by atoms with Crippen LogP contribution in [0, 0.1) is 81.4 Å². The Morgan fingerprint density at radius 2 is 0.758 bits per heavy atom. The van der Waals surface area contributed by atoms with Gasteiger partial charge in [0.25, 0.3) is 0 Å². The summed E-state index contributed by atoms with van der Waals surface area (Å²) in [5, 5.41) is 3.55. The molecule has 62 heavy (non-hydrogen) atoms. The number of hydrogen-bond acceptors (Lipinski definition) is 1. The van der Waals surface area contributed by atoms with Crippen LogP contribution in [0.15, 0.2) is 109 Å². The topological polar surface area (TPSA) is 8.17 Å². The lowest BCUT2D eigenvalue weighted by molar-refractivity contribution is 0.378. The number of halogens is 14. The Labute approximate surface area is 338 Å². The highest BCUT2D eigenvalue weighted by atomic mass is 19.2. The third-order valence-corrected chi connectivity index (χ3v) is 10.5. The third-order valence-electron chi connectivity index (χ3n) is 10.5. The first kappa shape index (κ1) is 40.1. The van der Waals surface area contributed by atoms with Crippen LogP contribution in [-0.2, 0) is 0 Å². The molecule has 310 valence electrons. The molecule has 0 spiro atoms. The van der Waals surface area contributed by atoms with Gasteiger partial charge in [-0.05, 0) is 64.4 Å². The molecule has 0 saturated carbocycles. The Bertz CT molecular complexity index is 3270. The van der Waals surface area contributed by atoms with Gasteiger partial charge in [-0.2, -0.15) is 0 Å². The van der Waals surface area contributed by atoms with Crippen LogP contribution in [-0.4, -0.2) is 4.57 Å². The maximum atomic E-state index is 16.1. The van der Waals surface area contributed by atoms with E-state index in [-0.39, 0.29) is 5.56 Å². The van der Waals surface area contributed by atoms with Crippen LogP contribution in [0.2, 0.25) is 0 Å². The number of nitrogens with zero attached hydrogens (tertiary/aromatic N) is 2. The molecule has 0 N–H and O–H groups in total. The number of anilines is 3. The lowest BCUT2D eigenvalue weighted by Crippen LogP contribution is -2.21. The summed E-state index contributed by atoms with van der Waals surface area (Å²) in [7, 11) is 0. The Morgan fingerprint density at radius 1 is 0.323 bits per heavy atom. The molecule has 1 heterocycles. The molecule has 0 aliphatic rings. The van der Waals surface area contributed by atoms with Crippen molar-refractivity contribution >= 4 is 49.6 Å². The van der Waals surface area contributed by atoms with Crippen molar-refractivity contribution in [3.8, 4) is 27.9 Å². The summed E-state index contributed by atoms with van der Waals surface area (Å²) < 4.78 is 211. The fourth-order valence-electron chi connectivity index (χ4n) is 7.57. The Hall–Kier alpha value is -7.36. The predicted octanol–water partition coefficient (Wildman–Crippen LogP) is 14.7. The lowest BCUT2D eigenvalue weighted by atomic mass is 9.99. The third kappa shape index (κ3) is 5.87. The van der Waals surface area contributed by atoms with Crippen molar-refractivity contribution in [2.45, 2.75) is 0 Å². The van der Waals surface area contributed by atoms with E-state index in [4.69, 9.17) is 0 Å². The van der Waals surface area contributed by atoms with Crippen LogP contribution >= 0.6 is 0 Å². The molecule has 1 aromatic heterocycles. The fraction of sp³-hybridized carbons (Fsp3) is 0. The number of fused-ring (bicyclic) bond motifs is 4. The molecule has 0 saturated heterocycles. The minimum absolute atomic E-state index is 0.288. The number of aromatic nitrogens is 1. The summed E-state index contributed by atoms with van der Waals surface area (Å²) in [5.74, 6) is -39.0. The minimum atomic E-state index is -2.87. The van der Waals surface area contributed by atoms with Gasteiger partial charge >= 0.3 is 0 Å². The lowest BCUT2D eigenvalue weighted by Gasteiger charge is -2.28. The zero-order chi connectivity index (χ0) is 44.0. The van der Waals surface area contributed by atoms with Crippen molar-refractivity contribution in [1.29, 1.82) is 0 Å². The van der Waals surface area contributed by atoms with Crippen LogP contribution < -0.4 is 4.90 Å². The van der Waals surface area contributed by atoms with Crippen molar-refractivity contribution in [1.82, 2.24) is 4.57 Å². The maximum Gasteiger partial charge on any atom is 0.200 e. The van der Waals surface area contributed by atoms with E-state index >= 15 is 26.3 Å². The highest BCUT2D eigenvalue weighted by molar-refractivity contribution is 6.10. The zero-order valence-corrected chi connectivity index (χ0v) is 30.6. The van der Waals surface area contributed by atoms with E-state index in [0.717, 1.165) is 50.4 Å². The molecule has 8 aromatic carbocycles. The molecule has 0 fully saturated rings. The largest absolute Gasteiger partial charge is 0.309 e. The molecule has 9 aromatic rings. The smallest absolute Gasteiger partial charge is 0.200 e. The van der Waals surface area contributed by atoms with E-state index in [1.807, 2.05) is 71.3 Å². The van der Waals surface area contributed by atoms with E-state index in [0.29, 0.717) is 5.56 Å². The van der Waals surface area contributed by atoms with E-state index in [2.05, 4.69) is 0 Å². The summed E-state index contributed by atoms with van der Waals surface area (Å²) in [6.07, 6.45) is 0.